The minimum atomic E-state index is -0.311. The number of hydrogen-bond donors (Lipinski definition) is 0. The molecule has 1 aliphatic rings. The molecule has 3 atom stereocenters. The molecule has 90 valence electrons. The fourth-order valence-electron chi connectivity index (χ4n) is 2.17. The molecule has 1 aromatic rings. The first-order chi connectivity index (χ1) is 7.85. The van der Waals surface area contributed by atoms with Crippen LogP contribution in [0.15, 0.2) is 22.8 Å². The van der Waals surface area contributed by atoms with Crippen molar-refractivity contribution in [2.24, 2.45) is 5.92 Å². The first-order valence-corrected chi connectivity index (χ1v) is 6.15. The van der Waals surface area contributed by atoms with E-state index < -0.39 is 0 Å². The summed E-state index contributed by atoms with van der Waals surface area (Å²) >= 11 is 0. The number of hydrogen-bond acceptors (Lipinski definition) is 3. The van der Waals surface area contributed by atoms with E-state index in [0.717, 1.165) is 31.6 Å². The zero-order valence-corrected chi connectivity index (χ0v) is 10.0. The van der Waals surface area contributed by atoms with Gasteiger partial charge < -0.3 is 13.9 Å². The number of ether oxygens (including phenoxy) is 2. The molecule has 2 heterocycles. The SMILES string of the molecule is CCC[C@H]1O[C@@H](c2ccco2)OC[C@H]1CC. The van der Waals surface area contributed by atoms with Crippen molar-refractivity contribution in [3.05, 3.63) is 24.2 Å². The molecule has 0 aliphatic carbocycles. The second kappa shape index (κ2) is 5.51. The van der Waals surface area contributed by atoms with Crippen LogP contribution < -0.4 is 0 Å². The van der Waals surface area contributed by atoms with Crippen LogP contribution in [0, 0.1) is 5.92 Å². The average Bonchev–Trinajstić information content (AvgIpc) is 2.83. The van der Waals surface area contributed by atoms with E-state index in [1.807, 2.05) is 12.1 Å². The lowest BCUT2D eigenvalue weighted by atomic mass is 9.96. The Morgan fingerprint density at radius 3 is 2.88 bits per heavy atom. The van der Waals surface area contributed by atoms with Crippen LogP contribution in [-0.2, 0) is 9.47 Å². The zero-order valence-electron chi connectivity index (χ0n) is 10.0. The molecule has 1 saturated heterocycles. The van der Waals surface area contributed by atoms with E-state index >= 15 is 0 Å². The van der Waals surface area contributed by atoms with E-state index in [4.69, 9.17) is 13.9 Å². The van der Waals surface area contributed by atoms with E-state index in [-0.39, 0.29) is 6.29 Å². The predicted octanol–water partition coefficient (Wildman–Crippen LogP) is 3.52. The molecule has 0 unspecified atom stereocenters. The zero-order chi connectivity index (χ0) is 11.4. The van der Waals surface area contributed by atoms with Crippen LogP contribution in [0.2, 0.25) is 0 Å². The highest BCUT2D eigenvalue weighted by Crippen LogP contribution is 2.32. The maximum absolute atomic E-state index is 5.96. The fourth-order valence-corrected chi connectivity index (χ4v) is 2.17. The van der Waals surface area contributed by atoms with Crippen molar-refractivity contribution >= 4 is 0 Å². The maximum atomic E-state index is 5.96. The summed E-state index contributed by atoms with van der Waals surface area (Å²) in [7, 11) is 0. The summed E-state index contributed by atoms with van der Waals surface area (Å²) in [5.41, 5.74) is 0. The van der Waals surface area contributed by atoms with E-state index in [1.165, 1.54) is 0 Å². The Kier molecular flexibility index (Phi) is 4.02. The molecule has 0 saturated carbocycles. The lowest BCUT2D eigenvalue weighted by molar-refractivity contribution is -0.249. The molecule has 2 rings (SSSR count). The van der Waals surface area contributed by atoms with Crippen molar-refractivity contribution in [2.45, 2.75) is 45.5 Å². The Balaban J connectivity index is 2.00. The van der Waals surface area contributed by atoms with Crippen molar-refractivity contribution in [1.82, 2.24) is 0 Å². The molecule has 1 fully saturated rings. The first kappa shape index (κ1) is 11.7. The highest BCUT2D eigenvalue weighted by molar-refractivity contribution is 5.00. The average molecular weight is 224 g/mol. The second-order valence-electron chi connectivity index (χ2n) is 4.31. The van der Waals surface area contributed by atoms with Gasteiger partial charge in [-0.3, -0.25) is 0 Å². The van der Waals surface area contributed by atoms with Gasteiger partial charge in [-0.25, -0.2) is 0 Å². The van der Waals surface area contributed by atoms with Crippen LogP contribution in [-0.4, -0.2) is 12.7 Å². The molecular weight excluding hydrogens is 204 g/mol. The normalized spacial score (nSPS) is 30.5. The van der Waals surface area contributed by atoms with Gasteiger partial charge in [0.1, 0.15) is 0 Å². The van der Waals surface area contributed by atoms with Crippen molar-refractivity contribution in [2.75, 3.05) is 6.61 Å². The van der Waals surface area contributed by atoms with Crippen molar-refractivity contribution in [3.63, 3.8) is 0 Å². The van der Waals surface area contributed by atoms with Crippen LogP contribution in [0.25, 0.3) is 0 Å². The van der Waals surface area contributed by atoms with Crippen LogP contribution in [0.1, 0.15) is 45.2 Å². The third-order valence-electron chi connectivity index (χ3n) is 3.16. The second-order valence-corrected chi connectivity index (χ2v) is 4.31. The molecular formula is C13H20O3. The highest BCUT2D eigenvalue weighted by Gasteiger charge is 2.32. The van der Waals surface area contributed by atoms with Gasteiger partial charge in [-0.15, -0.1) is 0 Å². The minimum Gasteiger partial charge on any atom is -0.464 e. The number of furan rings is 1. The third-order valence-corrected chi connectivity index (χ3v) is 3.16. The van der Waals surface area contributed by atoms with Crippen LogP contribution in [0.3, 0.4) is 0 Å². The van der Waals surface area contributed by atoms with Crippen molar-refractivity contribution in [3.8, 4) is 0 Å². The Labute approximate surface area is 96.7 Å². The van der Waals surface area contributed by atoms with Crippen LogP contribution in [0.5, 0.6) is 0 Å². The largest absolute Gasteiger partial charge is 0.464 e. The van der Waals surface area contributed by atoms with Gasteiger partial charge in [0.05, 0.1) is 19.0 Å². The van der Waals surface area contributed by atoms with Gasteiger partial charge in [0.25, 0.3) is 0 Å². The summed E-state index contributed by atoms with van der Waals surface area (Å²) in [4.78, 5) is 0. The fraction of sp³-hybridized carbons (Fsp3) is 0.692. The molecule has 0 N–H and O–H groups in total. The molecule has 0 amide bonds. The Morgan fingerprint density at radius 2 is 2.25 bits per heavy atom. The Hall–Kier alpha value is -0.800. The lowest BCUT2D eigenvalue weighted by Crippen LogP contribution is -2.35. The number of rotatable bonds is 4. The molecule has 1 aromatic heterocycles. The topological polar surface area (TPSA) is 31.6 Å². The van der Waals surface area contributed by atoms with Gasteiger partial charge in [-0.05, 0) is 25.0 Å². The maximum Gasteiger partial charge on any atom is 0.217 e. The summed E-state index contributed by atoms with van der Waals surface area (Å²) in [6, 6.07) is 3.77. The van der Waals surface area contributed by atoms with Gasteiger partial charge in [-0.1, -0.05) is 20.3 Å². The predicted molar refractivity (Wildman–Crippen MR) is 61.0 cm³/mol. The highest BCUT2D eigenvalue weighted by atomic mass is 16.7. The monoisotopic (exact) mass is 224 g/mol. The van der Waals surface area contributed by atoms with E-state index in [2.05, 4.69) is 13.8 Å². The summed E-state index contributed by atoms with van der Waals surface area (Å²) < 4.78 is 17.0. The van der Waals surface area contributed by atoms with Crippen LogP contribution >= 0.6 is 0 Å². The van der Waals surface area contributed by atoms with E-state index in [9.17, 15) is 0 Å². The Bertz CT molecular complexity index is 294. The summed E-state index contributed by atoms with van der Waals surface area (Å²) in [5.74, 6) is 1.29. The molecule has 1 aliphatic heterocycles. The Morgan fingerprint density at radius 1 is 1.38 bits per heavy atom. The van der Waals surface area contributed by atoms with Gasteiger partial charge >= 0.3 is 0 Å². The molecule has 3 nitrogen and oxygen atoms in total. The molecule has 3 heteroatoms. The van der Waals surface area contributed by atoms with Gasteiger partial charge in [0.15, 0.2) is 5.76 Å². The lowest BCUT2D eigenvalue weighted by Gasteiger charge is -2.35. The van der Waals surface area contributed by atoms with Crippen molar-refractivity contribution < 1.29 is 13.9 Å². The molecule has 0 radical (unpaired) electrons. The summed E-state index contributed by atoms with van der Waals surface area (Å²) in [6.07, 6.45) is 5.00. The van der Waals surface area contributed by atoms with Crippen molar-refractivity contribution in [1.29, 1.82) is 0 Å². The smallest absolute Gasteiger partial charge is 0.217 e. The van der Waals surface area contributed by atoms with E-state index in [0.29, 0.717) is 12.0 Å². The van der Waals surface area contributed by atoms with E-state index in [1.54, 1.807) is 6.26 Å². The molecule has 16 heavy (non-hydrogen) atoms. The minimum absolute atomic E-state index is 0.304. The molecule has 0 aromatic carbocycles. The van der Waals surface area contributed by atoms with Gasteiger partial charge in [0, 0.05) is 5.92 Å². The molecule has 0 bridgehead atoms. The van der Waals surface area contributed by atoms with Gasteiger partial charge in [0.2, 0.25) is 6.29 Å². The summed E-state index contributed by atoms with van der Waals surface area (Å²) in [5, 5.41) is 0. The summed E-state index contributed by atoms with van der Waals surface area (Å²) in [6.45, 7) is 5.15. The molecule has 0 spiro atoms. The van der Waals surface area contributed by atoms with Gasteiger partial charge in [-0.2, -0.15) is 0 Å². The first-order valence-electron chi connectivity index (χ1n) is 6.15. The quantitative estimate of drug-likeness (QED) is 0.784. The third kappa shape index (κ3) is 2.47. The van der Waals surface area contributed by atoms with Crippen LogP contribution in [0.4, 0.5) is 0 Å². The standard InChI is InChI=1S/C13H20O3/c1-3-6-11-10(4-2)9-15-13(16-11)12-7-5-8-14-12/h5,7-8,10-11,13H,3-4,6,9H2,1-2H3/t10-,11-,13+/m1/s1.